The molecule has 328 valence electrons. The van der Waals surface area contributed by atoms with Gasteiger partial charge in [-0.3, -0.25) is 19.2 Å². The first kappa shape index (κ1) is 44.3. The maximum absolute atomic E-state index is 15.5. The maximum atomic E-state index is 15.5. The van der Waals surface area contributed by atoms with Gasteiger partial charge in [-0.05, 0) is 54.8 Å². The number of hydrogen-bond donors (Lipinski definition) is 4. The summed E-state index contributed by atoms with van der Waals surface area (Å²) in [5.41, 5.74) is -7.02. The van der Waals surface area contributed by atoms with Gasteiger partial charge in [0.25, 0.3) is 5.91 Å². The van der Waals surface area contributed by atoms with Crippen molar-refractivity contribution in [2.45, 2.75) is 108 Å². The summed E-state index contributed by atoms with van der Waals surface area (Å²) in [6.45, 7) is 7.97. The Hall–Kier alpha value is -5.74. The van der Waals surface area contributed by atoms with Crippen LogP contribution in [0.4, 0.5) is 0 Å². The van der Waals surface area contributed by atoms with Gasteiger partial charge < -0.3 is 44.3 Å². The molecule has 4 aliphatic rings. The molecule has 4 N–H and O–H groups in total. The van der Waals surface area contributed by atoms with Crippen molar-refractivity contribution < 1.29 is 67.8 Å². The Kier molecular flexibility index (Phi) is 11.8. The first-order chi connectivity index (χ1) is 29.3. The van der Waals surface area contributed by atoms with Gasteiger partial charge in [0.05, 0.1) is 35.6 Å². The van der Waals surface area contributed by atoms with E-state index in [0.29, 0.717) is 5.56 Å². The lowest BCUT2D eigenvalue weighted by Crippen LogP contribution is -2.82. The average molecular weight is 854 g/mol. The fourth-order valence-electron chi connectivity index (χ4n) is 10.2. The van der Waals surface area contributed by atoms with Crippen molar-refractivity contribution in [3.63, 3.8) is 0 Å². The van der Waals surface area contributed by atoms with Crippen LogP contribution in [-0.4, -0.2) is 105 Å². The van der Waals surface area contributed by atoms with E-state index in [1.54, 1.807) is 92.7 Å². The molecule has 2 saturated carbocycles. The minimum atomic E-state index is -2.39. The summed E-state index contributed by atoms with van der Waals surface area (Å²) in [7, 11) is 0. The maximum Gasteiger partial charge on any atom is 0.338 e. The Balaban J connectivity index is 1.39. The van der Waals surface area contributed by atoms with Crippen LogP contribution >= 0.6 is 0 Å². The van der Waals surface area contributed by atoms with Crippen molar-refractivity contribution >= 4 is 35.6 Å². The van der Waals surface area contributed by atoms with Crippen LogP contribution in [0.15, 0.2) is 102 Å². The number of carbonyl (C=O) groups is 6. The van der Waals surface area contributed by atoms with E-state index in [1.807, 2.05) is 0 Å². The van der Waals surface area contributed by atoms with Crippen LogP contribution in [0.1, 0.15) is 86.7 Å². The molecule has 0 spiro atoms. The quantitative estimate of drug-likeness (QED) is 0.130. The first-order valence-corrected chi connectivity index (χ1v) is 20.5. The summed E-state index contributed by atoms with van der Waals surface area (Å²) in [6, 6.07) is 22.9. The third-order valence-electron chi connectivity index (χ3n) is 13.5. The zero-order chi connectivity index (χ0) is 44.9. The second-order valence-corrected chi connectivity index (χ2v) is 17.4. The molecule has 15 heteroatoms. The Morgan fingerprint density at radius 1 is 0.823 bits per heavy atom. The highest BCUT2D eigenvalue weighted by molar-refractivity contribution is 5.96. The summed E-state index contributed by atoms with van der Waals surface area (Å²) in [4.78, 5) is 83.5. The van der Waals surface area contributed by atoms with Crippen molar-refractivity contribution in [2.24, 2.45) is 16.7 Å². The topological polar surface area (TPSA) is 221 Å². The standard InChI is InChI=1S/C47H51NO14/c1-25-31(60-43(56)36(52)35(28-16-10-7-11-17-28)48-41(54)29-18-12-8-13-19-29)23-47(57)40(61-42(55)30-20-14-9-15-21-30)38-45(6,32(51)22-33-46(38,24-58-33)62-27(3)50)39(53)37(59-26(2)49)34(25)44(47,4)5/h7-21,31-33,35-38,40,51-52,57H,22-24H2,1-6H3,(H,48,54)/t31-,32-,33?,35-,36+,37-,38?,40-,45+,46-,47+/m0/s1. The Morgan fingerprint density at radius 2 is 1.40 bits per heavy atom. The lowest BCUT2D eigenvalue weighted by Gasteiger charge is -2.67. The van der Waals surface area contributed by atoms with Crippen LogP contribution < -0.4 is 5.32 Å². The number of carbonyl (C=O) groups excluding carboxylic acids is 6. The van der Waals surface area contributed by atoms with E-state index in [9.17, 15) is 39.3 Å². The number of benzene rings is 3. The van der Waals surface area contributed by atoms with E-state index < -0.39 is 113 Å². The molecule has 1 aliphatic heterocycles. The van der Waals surface area contributed by atoms with E-state index >= 15 is 4.79 Å². The average Bonchev–Trinajstić information content (AvgIpc) is 3.24. The summed E-state index contributed by atoms with van der Waals surface area (Å²) in [5.74, 6) is -6.84. The molecular formula is C47H51NO14. The van der Waals surface area contributed by atoms with E-state index in [4.69, 9.17) is 23.7 Å². The number of aliphatic hydroxyl groups is 3. The van der Waals surface area contributed by atoms with Gasteiger partial charge >= 0.3 is 23.9 Å². The zero-order valence-electron chi connectivity index (χ0n) is 35.2. The molecule has 3 aliphatic carbocycles. The Bertz CT molecular complexity index is 2280. The molecule has 0 radical (unpaired) electrons. The minimum Gasteiger partial charge on any atom is -0.456 e. The van der Waals surface area contributed by atoms with Crippen molar-refractivity contribution in [2.75, 3.05) is 6.61 Å². The molecule has 1 heterocycles. The van der Waals surface area contributed by atoms with Crippen LogP contribution in [0.3, 0.4) is 0 Å². The number of rotatable bonds is 10. The number of ketones is 1. The van der Waals surface area contributed by atoms with Crippen molar-refractivity contribution in [1.82, 2.24) is 5.32 Å². The second-order valence-electron chi connectivity index (χ2n) is 17.4. The van der Waals surface area contributed by atoms with Gasteiger partial charge in [-0.15, -0.1) is 0 Å². The normalized spacial score (nSPS) is 31.9. The van der Waals surface area contributed by atoms with Crippen molar-refractivity contribution in [1.29, 1.82) is 0 Å². The monoisotopic (exact) mass is 853 g/mol. The molecule has 1 amide bonds. The smallest absolute Gasteiger partial charge is 0.338 e. The summed E-state index contributed by atoms with van der Waals surface area (Å²) in [6.07, 6.45) is -10.5. The third kappa shape index (κ3) is 7.29. The van der Waals surface area contributed by atoms with E-state index in [1.165, 1.54) is 26.0 Å². The van der Waals surface area contributed by atoms with Crippen LogP contribution in [-0.2, 0) is 42.9 Å². The highest BCUT2D eigenvalue weighted by Gasteiger charge is 2.78. The predicted octanol–water partition coefficient (Wildman–Crippen LogP) is 3.74. The van der Waals surface area contributed by atoms with E-state index in [0.717, 1.165) is 13.8 Å². The molecule has 0 aromatic heterocycles. The molecule has 11 atom stereocenters. The molecule has 2 bridgehead atoms. The lowest BCUT2D eigenvalue weighted by molar-refractivity contribution is -0.346. The van der Waals surface area contributed by atoms with Gasteiger partial charge in [0.2, 0.25) is 0 Å². The number of nitrogens with one attached hydrogen (secondary N) is 1. The highest BCUT2D eigenvalue weighted by Crippen LogP contribution is 2.64. The van der Waals surface area contributed by atoms with Crippen LogP contribution in [0.5, 0.6) is 0 Å². The first-order valence-electron chi connectivity index (χ1n) is 20.5. The summed E-state index contributed by atoms with van der Waals surface area (Å²) < 4.78 is 30.3. The van der Waals surface area contributed by atoms with E-state index in [-0.39, 0.29) is 35.3 Å². The molecular weight excluding hydrogens is 803 g/mol. The number of Topliss-reactive ketones (excluding diaryl/α,β-unsaturated/α-hetero) is 1. The van der Waals surface area contributed by atoms with Gasteiger partial charge in [-0.2, -0.15) is 0 Å². The molecule has 3 aromatic carbocycles. The fourth-order valence-corrected chi connectivity index (χ4v) is 10.2. The molecule has 2 unspecified atom stereocenters. The number of esters is 4. The van der Waals surface area contributed by atoms with Crippen molar-refractivity contribution in [3.8, 4) is 0 Å². The second kappa shape index (κ2) is 16.5. The van der Waals surface area contributed by atoms with Crippen LogP contribution in [0.25, 0.3) is 0 Å². The van der Waals surface area contributed by atoms with Crippen molar-refractivity contribution in [3.05, 3.63) is 119 Å². The zero-order valence-corrected chi connectivity index (χ0v) is 35.2. The lowest BCUT2D eigenvalue weighted by atomic mass is 9.44. The fraction of sp³-hybridized carbons (Fsp3) is 0.447. The number of ether oxygens (including phenoxy) is 5. The molecule has 62 heavy (non-hydrogen) atoms. The van der Waals surface area contributed by atoms with Gasteiger partial charge in [0.15, 0.2) is 23.6 Å². The highest BCUT2D eigenvalue weighted by atomic mass is 16.6. The number of hydrogen-bond acceptors (Lipinski definition) is 14. The number of aliphatic hydroxyl groups excluding tert-OH is 2. The predicted molar refractivity (Wildman–Crippen MR) is 218 cm³/mol. The third-order valence-corrected chi connectivity index (χ3v) is 13.5. The molecule has 3 aromatic rings. The largest absolute Gasteiger partial charge is 0.456 e. The SMILES string of the molecule is CC(=O)O[C@@H]1C(=O)[C@@]2(C)C([C@H](OC(=O)c3ccccc3)[C@]3(O)C[C@H](OC(=O)[C@H](O)[C@@H](NC(=O)c4ccccc4)c4ccccc4)C(C)=C1C3(C)C)[C@]1(OC(C)=O)COC1C[C@@H]2O. The van der Waals surface area contributed by atoms with E-state index in [2.05, 4.69) is 5.32 Å². The Morgan fingerprint density at radius 3 is 1.95 bits per heavy atom. The minimum absolute atomic E-state index is 0.00289. The summed E-state index contributed by atoms with van der Waals surface area (Å²) in [5, 5.41) is 40.2. The molecule has 3 fully saturated rings. The van der Waals surface area contributed by atoms with Gasteiger partial charge in [0.1, 0.15) is 23.9 Å². The van der Waals surface area contributed by atoms with Crippen LogP contribution in [0, 0.1) is 16.7 Å². The van der Waals surface area contributed by atoms with Gasteiger partial charge in [-0.1, -0.05) is 80.6 Å². The summed E-state index contributed by atoms with van der Waals surface area (Å²) >= 11 is 0. The molecule has 1 saturated heterocycles. The molecule has 7 rings (SSSR count). The van der Waals surface area contributed by atoms with Gasteiger partial charge in [0, 0.05) is 37.7 Å². The Labute approximate surface area is 358 Å². The molecule has 15 nitrogen and oxygen atoms in total. The van der Waals surface area contributed by atoms with Crippen LogP contribution in [0.2, 0.25) is 0 Å². The number of fused-ring (bicyclic) bond motifs is 5. The number of amides is 1. The van der Waals surface area contributed by atoms with Gasteiger partial charge in [-0.25, -0.2) is 9.59 Å².